The van der Waals surface area contributed by atoms with Crippen LogP contribution < -0.4 is 5.73 Å². The SMILES string of the molecule is Cl.NCCN1CCC(N2CCCCC2)CC1. The van der Waals surface area contributed by atoms with Crippen LogP contribution in [0.1, 0.15) is 32.1 Å². The van der Waals surface area contributed by atoms with Crippen molar-refractivity contribution in [1.29, 1.82) is 0 Å². The van der Waals surface area contributed by atoms with Crippen LogP contribution in [0.15, 0.2) is 0 Å². The summed E-state index contributed by atoms with van der Waals surface area (Å²) in [4.78, 5) is 5.24. The number of likely N-dealkylation sites (tertiary alicyclic amines) is 2. The van der Waals surface area contributed by atoms with Crippen LogP contribution in [0.25, 0.3) is 0 Å². The largest absolute Gasteiger partial charge is 0.329 e. The van der Waals surface area contributed by atoms with E-state index in [0.717, 1.165) is 19.1 Å². The Kier molecular flexibility index (Phi) is 6.66. The molecule has 0 spiro atoms. The highest BCUT2D eigenvalue weighted by Gasteiger charge is 2.24. The van der Waals surface area contributed by atoms with E-state index in [1.807, 2.05) is 0 Å². The van der Waals surface area contributed by atoms with Crippen LogP contribution >= 0.6 is 12.4 Å². The van der Waals surface area contributed by atoms with Crippen LogP contribution in [0, 0.1) is 0 Å². The van der Waals surface area contributed by atoms with Crippen LogP contribution in [0.5, 0.6) is 0 Å². The van der Waals surface area contributed by atoms with Gasteiger partial charge in [-0.1, -0.05) is 6.42 Å². The van der Waals surface area contributed by atoms with Gasteiger partial charge in [0.25, 0.3) is 0 Å². The molecule has 2 fully saturated rings. The van der Waals surface area contributed by atoms with Gasteiger partial charge in [0.15, 0.2) is 0 Å². The first-order valence-corrected chi connectivity index (χ1v) is 6.56. The van der Waals surface area contributed by atoms with E-state index in [4.69, 9.17) is 5.73 Å². The lowest BCUT2D eigenvalue weighted by Gasteiger charge is -2.40. The minimum Gasteiger partial charge on any atom is -0.329 e. The molecule has 2 N–H and O–H groups in total. The highest BCUT2D eigenvalue weighted by molar-refractivity contribution is 5.85. The van der Waals surface area contributed by atoms with Gasteiger partial charge in [0.05, 0.1) is 0 Å². The van der Waals surface area contributed by atoms with E-state index >= 15 is 0 Å². The topological polar surface area (TPSA) is 32.5 Å². The van der Waals surface area contributed by atoms with Gasteiger partial charge in [-0.05, 0) is 51.9 Å². The minimum absolute atomic E-state index is 0. The van der Waals surface area contributed by atoms with Gasteiger partial charge in [0, 0.05) is 19.1 Å². The van der Waals surface area contributed by atoms with Crippen molar-refractivity contribution < 1.29 is 0 Å². The predicted octanol–water partition coefficient (Wildman–Crippen LogP) is 1.32. The van der Waals surface area contributed by atoms with Gasteiger partial charge in [-0.25, -0.2) is 0 Å². The van der Waals surface area contributed by atoms with Crippen LogP contribution in [-0.2, 0) is 0 Å². The van der Waals surface area contributed by atoms with Gasteiger partial charge >= 0.3 is 0 Å². The Morgan fingerprint density at radius 3 is 2.12 bits per heavy atom. The zero-order valence-corrected chi connectivity index (χ0v) is 11.1. The molecule has 2 saturated heterocycles. The number of rotatable bonds is 3. The zero-order chi connectivity index (χ0) is 10.5. The third kappa shape index (κ3) is 3.88. The third-order valence-corrected chi connectivity index (χ3v) is 3.91. The second-order valence-electron chi connectivity index (χ2n) is 4.96. The maximum atomic E-state index is 5.58. The Balaban J connectivity index is 0.00000128. The van der Waals surface area contributed by atoms with E-state index in [1.165, 1.54) is 58.3 Å². The normalized spacial score (nSPS) is 25.3. The molecule has 2 heterocycles. The number of nitrogens with two attached hydrogens (primary N) is 1. The summed E-state index contributed by atoms with van der Waals surface area (Å²) >= 11 is 0. The molecule has 0 unspecified atom stereocenters. The first-order chi connectivity index (χ1) is 7.40. The van der Waals surface area contributed by atoms with Crippen molar-refractivity contribution in [3.05, 3.63) is 0 Å². The molecule has 0 amide bonds. The fourth-order valence-electron chi connectivity index (χ4n) is 2.97. The van der Waals surface area contributed by atoms with E-state index in [-0.39, 0.29) is 12.4 Å². The Morgan fingerprint density at radius 2 is 1.56 bits per heavy atom. The molecule has 0 saturated carbocycles. The number of halogens is 1. The molecule has 0 aromatic rings. The molecule has 2 rings (SSSR count). The maximum Gasteiger partial charge on any atom is 0.0120 e. The summed E-state index contributed by atoms with van der Waals surface area (Å²) in [7, 11) is 0. The molecule has 0 radical (unpaired) electrons. The van der Waals surface area contributed by atoms with Gasteiger partial charge in [0.1, 0.15) is 0 Å². The van der Waals surface area contributed by atoms with E-state index in [9.17, 15) is 0 Å². The van der Waals surface area contributed by atoms with Crippen LogP contribution in [0.3, 0.4) is 0 Å². The Morgan fingerprint density at radius 1 is 0.938 bits per heavy atom. The van der Waals surface area contributed by atoms with E-state index in [0.29, 0.717) is 0 Å². The van der Waals surface area contributed by atoms with Crippen LogP contribution in [0.2, 0.25) is 0 Å². The zero-order valence-electron chi connectivity index (χ0n) is 10.2. The summed E-state index contributed by atoms with van der Waals surface area (Å²) in [6, 6.07) is 0.874. The standard InChI is InChI=1S/C12H25N3.ClH/c13-6-11-14-9-4-12(5-10-14)15-7-2-1-3-8-15;/h12H,1-11,13H2;1H. The summed E-state index contributed by atoms with van der Waals surface area (Å²) < 4.78 is 0. The van der Waals surface area contributed by atoms with E-state index < -0.39 is 0 Å². The van der Waals surface area contributed by atoms with Gasteiger partial charge in [-0.3, -0.25) is 0 Å². The lowest BCUT2D eigenvalue weighted by Crippen LogP contribution is -2.47. The Bertz CT molecular complexity index is 175. The number of nitrogens with zero attached hydrogens (tertiary/aromatic N) is 2. The van der Waals surface area contributed by atoms with E-state index in [1.54, 1.807) is 0 Å². The van der Waals surface area contributed by atoms with Crippen molar-refractivity contribution in [2.45, 2.75) is 38.1 Å². The average Bonchev–Trinajstić information content (AvgIpc) is 2.32. The third-order valence-electron chi connectivity index (χ3n) is 3.91. The second-order valence-corrected chi connectivity index (χ2v) is 4.96. The fraction of sp³-hybridized carbons (Fsp3) is 1.00. The molecular weight excluding hydrogens is 222 g/mol. The average molecular weight is 248 g/mol. The molecule has 0 aliphatic carbocycles. The molecule has 2 aliphatic heterocycles. The summed E-state index contributed by atoms with van der Waals surface area (Å²) in [5.41, 5.74) is 5.58. The Hall–Kier alpha value is 0.170. The number of hydrogen-bond acceptors (Lipinski definition) is 3. The van der Waals surface area contributed by atoms with Gasteiger partial charge in [-0.2, -0.15) is 0 Å². The predicted molar refractivity (Wildman–Crippen MR) is 71.2 cm³/mol. The van der Waals surface area contributed by atoms with Crippen LogP contribution in [0.4, 0.5) is 0 Å². The second kappa shape index (κ2) is 7.49. The Labute approximate surface area is 106 Å². The number of hydrogen-bond donors (Lipinski definition) is 1. The molecule has 0 aromatic carbocycles. The molecule has 0 atom stereocenters. The van der Waals surface area contributed by atoms with Gasteiger partial charge in [-0.15, -0.1) is 12.4 Å². The van der Waals surface area contributed by atoms with Crippen LogP contribution in [-0.4, -0.2) is 55.1 Å². The summed E-state index contributed by atoms with van der Waals surface area (Å²) in [6.45, 7) is 7.13. The van der Waals surface area contributed by atoms with Crippen molar-refractivity contribution in [1.82, 2.24) is 9.80 Å². The van der Waals surface area contributed by atoms with Crippen molar-refractivity contribution >= 4 is 12.4 Å². The summed E-state index contributed by atoms with van der Waals surface area (Å²) in [5, 5.41) is 0. The summed E-state index contributed by atoms with van der Waals surface area (Å²) in [6.07, 6.45) is 7.01. The first-order valence-electron chi connectivity index (χ1n) is 6.56. The highest BCUT2D eigenvalue weighted by Crippen LogP contribution is 2.20. The van der Waals surface area contributed by atoms with Crippen molar-refractivity contribution in [3.63, 3.8) is 0 Å². The number of piperidine rings is 2. The molecule has 96 valence electrons. The van der Waals surface area contributed by atoms with Gasteiger partial charge in [0.2, 0.25) is 0 Å². The molecular formula is C12H26ClN3. The monoisotopic (exact) mass is 247 g/mol. The molecule has 0 bridgehead atoms. The van der Waals surface area contributed by atoms with Crippen molar-refractivity contribution in [2.75, 3.05) is 39.3 Å². The lowest BCUT2D eigenvalue weighted by atomic mass is 10.00. The molecule has 2 aliphatic rings. The highest BCUT2D eigenvalue weighted by atomic mass is 35.5. The molecule has 3 nitrogen and oxygen atoms in total. The van der Waals surface area contributed by atoms with E-state index in [2.05, 4.69) is 9.80 Å². The quantitative estimate of drug-likeness (QED) is 0.817. The van der Waals surface area contributed by atoms with Crippen molar-refractivity contribution in [3.8, 4) is 0 Å². The first kappa shape index (κ1) is 14.2. The van der Waals surface area contributed by atoms with Gasteiger partial charge < -0.3 is 15.5 Å². The molecule has 16 heavy (non-hydrogen) atoms. The smallest absolute Gasteiger partial charge is 0.0120 e. The fourth-order valence-corrected chi connectivity index (χ4v) is 2.97. The maximum absolute atomic E-state index is 5.58. The minimum atomic E-state index is 0. The summed E-state index contributed by atoms with van der Waals surface area (Å²) in [5.74, 6) is 0. The lowest BCUT2D eigenvalue weighted by molar-refractivity contribution is 0.0939. The molecule has 4 heteroatoms. The van der Waals surface area contributed by atoms with Crippen molar-refractivity contribution in [2.24, 2.45) is 5.73 Å². The molecule has 0 aromatic heterocycles.